The van der Waals surface area contributed by atoms with Gasteiger partial charge in [0.05, 0.1) is 49.7 Å². The molecule has 1 unspecified atom stereocenters. The second kappa shape index (κ2) is 19.6. The van der Waals surface area contributed by atoms with Crippen molar-refractivity contribution >= 4 is 21.6 Å². The number of sulfonamides is 1. The lowest BCUT2D eigenvalue weighted by atomic mass is 9.80. The van der Waals surface area contributed by atoms with Gasteiger partial charge in [-0.1, -0.05) is 55.0 Å². The molecule has 0 saturated carbocycles. The third-order valence-electron chi connectivity index (χ3n) is 10.4. The fourth-order valence-corrected chi connectivity index (χ4v) is 9.44. The summed E-state index contributed by atoms with van der Waals surface area (Å²) in [5.41, 5.74) is 4.46. The maximum atomic E-state index is 14.6. The van der Waals surface area contributed by atoms with Gasteiger partial charge >= 0.3 is 0 Å². The Morgan fingerprint density at radius 3 is 2.40 bits per heavy atom. The number of hydrogen-bond acceptors (Lipinski definition) is 9. The molecule has 0 spiro atoms. The number of fused-ring (bicyclic) bond motifs is 1. The van der Waals surface area contributed by atoms with Gasteiger partial charge in [0.1, 0.15) is 12.4 Å². The number of hydrogen-bond donors (Lipinski definition) is 1. The van der Waals surface area contributed by atoms with E-state index < -0.39 is 27.7 Å². The van der Waals surface area contributed by atoms with Crippen molar-refractivity contribution in [2.45, 2.75) is 95.6 Å². The number of nitrogens with one attached hydrogen (secondary N) is 1. The average molecular weight is 780 g/mol. The fourth-order valence-electron chi connectivity index (χ4n) is 7.79. The highest BCUT2D eigenvalue weighted by molar-refractivity contribution is 7.89. The van der Waals surface area contributed by atoms with E-state index in [1.54, 1.807) is 30.7 Å². The predicted molar refractivity (Wildman–Crippen MR) is 215 cm³/mol. The second-order valence-corrected chi connectivity index (χ2v) is 17.7. The number of benzene rings is 3. The zero-order valence-electron chi connectivity index (χ0n) is 33.7. The number of ether oxygens (including phenoxy) is 5. The van der Waals surface area contributed by atoms with Crippen LogP contribution in [-0.4, -0.2) is 96.6 Å². The van der Waals surface area contributed by atoms with Gasteiger partial charge in [-0.3, -0.25) is 4.79 Å². The van der Waals surface area contributed by atoms with Gasteiger partial charge in [0.15, 0.2) is 0 Å². The van der Waals surface area contributed by atoms with Crippen LogP contribution in [0.5, 0.6) is 5.75 Å². The smallest absolute Gasteiger partial charge is 0.243 e. The van der Waals surface area contributed by atoms with E-state index in [2.05, 4.69) is 47.5 Å². The van der Waals surface area contributed by atoms with Crippen LogP contribution in [0.15, 0.2) is 71.6 Å². The number of carbonyl (C=O) groups is 1. The average Bonchev–Trinajstić information content (AvgIpc) is 3.14. The second-order valence-electron chi connectivity index (χ2n) is 15.8. The third kappa shape index (κ3) is 11.8. The summed E-state index contributed by atoms with van der Waals surface area (Å²) >= 11 is 0. The lowest BCUT2D eigenvalue weighted by molar-refractivity contribution is -0.120. The Morgan fingerprint density at radius 2 is 1.71 bits per heavy atom. The maximum absolute atomic E-state index is 14.6. The van der Waals surface area contributed by atoms with Crippen LogP contribution in [0.25, 0.3) is 0 Å². The molecule has 2 aliphatic heterocycles. The molecule has 2 aliphatic rings. The fraction of sp³-hybridized carbons (Fsp3) is 0.558. The molecule has 1 saturated heterocycles. The first kappa shape index (κ1) is 42.6. The summed E-state index contributed by atoms with van der Waals surface area (Å²) in [5, 5.41) is 3.05. The first-order valence-electron chi connectivity index (χ1n) is 19.4. The zero-order chi connectivity index (χ0) is 39.6. The van der Waals surface area contributed by atoms with Crippen molar-refractivity contribution in [3.63, 3.8) is 0 Å². The third-order valence-corrected chi connectivity index (χ3v) is 12.3. The number of anilines is 1. The maximum Gasteiger partial charge on any atom is 0.243 e. The van der Waals surface area contributed by atoms with Crippen molar-refractivity contribution in [3.05, 3.63) is 89.0 Å². The Labute approximate surface area is 328 Å². The highest BCUT2D eigenvalue weighted by Gasteiger charge is 2.44. The van der Waals surface area contributed by atoms with Crippen molar-refractivity contribution in [1.82, 2.24) is 9.62 Å². The molecule has 0 radical (unpaired) electrons. The summed E-state index contributed by atoms with van der Waals surface area (Å²) in [6.07, 6.45) is 1.39. The molecule has 302 valence electrons. The number of rotatable bonds is 19. The molecule has 3 aromatic rings. The molecular weight excluding hydrogens is 719 g/mol. The number of nitrogens with zero attached hydrogens (tertiary/aromatic N) is 2. The number of carbonyl (C=O) groups excluding carboxylic acids is 1. The predicted octanol–water partition coefficient (Wildman–Crippen LogP) is 6.47. The SMILES string of the molecule is COCCCN1CCOc2ccc(CO[C@H]3CN(S(=O)(=O)c4ccc(C)cc4)[C@@H](CC(C)(C)NC(C)=O)C[C@@H]3c3ccc(COCC(C)COC)cc3)cc21. The van der Waals surface area contributed by atoms with Crippen LogP contribution < -0.4 is 15.0 Å². The minimum atomic E-state index is -3.93. The lowest BCUT2D eigenvalue weighted by Crippen LogP contribution is -2.56. The van der Waals surface area contributed by atoms with Crippen LogP contribution >= 0.6 is 0 Å². The summed E-state index contributed by atoms with van der Waals surface area (Å²) < 4.78 is 60.1. The van der Waals surface area contributed by atoms with Gasteiger partial charge in [-0.25, -0.2) is 8.42 Å². The number of piperidine rings is 1. The van der Waals surface area contributed by atoms with Crippen LogP contribution in [0.4, 0.5) is 5.69 Å². The molecule has 5 rings (SSSR count). The Morgan fingerprint density at radius 1 is 0.982 bits per heavy atom. The molecule has 0 aliphatic carbocycles. The van der Waals surface area contributed by atoms with E-state index in [1.807, 2.05) is 45.0 Å². The Balaban J connectivity index is 1.45. The first-order valence-corrected chi connectivity index (χ1v) is 20.9. The summed E-state index contributed by atoms with van der Waals surface area (Å²) in [4.78, 5) is 14.8. The summed E-state index contributed by atoms with van der Waals surface area (Å²) in [5.74, 6) is 0.864. The molecule has 2 heterocycles. The van der Waals surface area contributed by atoms with Gasteiger partial charge in [-0.05, 0) is 81.0 Å². The summed E-state index contributed by atoms with van der Waals surface area (Å²) in [6, 6.07) is 21.1. The Kier molecular flexibility index (Phi) is 15.2. The van der Waals surface area contributed by atoms with E-state index in [9.17, 15) is 13.2 Å². The van der Waals surface area contributed by atoms with Crippen molar-refractivity contribution in [2.24, 2.45) is 5.92 Å². The van der Waals surface area contributed by atoms with Crippen LogP contribution in [0, 0.1) is 12.8 Å². The topological polar surface area (TPSA) is 116 Å². The molecule has 1 N–H and O–H groups in total. The molecule has 12 heteroatoms. The van der Waals surface area contributed by atoms with Gasteiger partial charge in [0.25, 0.3) is 0 Å². The molecule has 3 aromatic carbocycles. The zero-order valence-corrected chi connectivity index (χ0v) is 34.5. The molecule has 11 nitrogen and oxygen atoms in total. The van der Waals surface area contributed by atoms with Gasteiger partial charge in [0, 0.05) is 64.3 Å². The van der Waals surface area contributed by atoms with Gasteiger partial charge in [0.2, 0.25) is 15.9 Å². The van der Waals surface area contributed by atoms with Crippen molar-refractivity contribution in [1.29, 1.82) is 0 Å². The van der Waals surface area contributed by atoms with Crippen LogP contribution in [0.3, 0.4) is 0 Å². The van der Waals surface area contributed by atoms with E-state index in [0.717, 1.165) is 53.2 Å². The standard InChI is InChI=1S/C43H61N3O8S/c1-31-9-16-38(17-10-31)55(48,49)46-26-42(54-30-35-13-18-41-40(23-35)45(20-22-53-41)19-8-21-50-6)39(24-37(46)25-43(4,5)44-33(3)47)36-14-11-34(12-15-36)29-52-28-32(2)27-51-7/h9-18,23,32,37,39,42H,8,19-22,24-30H2,1-7H3,(H,44,47)/t32?,37-,39-,42+/m1/s1. The van der Waals surface area contributed by atoms with Crippen molar-refractivity contribution < 1.29 is 36.9 Å². The van der Waals surface area contributed by atoms with Gasteiger partial charge in [-0.2, -0.15) is 4.31 Å². The van der Waals surface area contributed by atoms with Gasteiger partial charge in [-0.15, -0.1) is 0 Å². The highest BCUT2D eigenvalue weighted by atomic mass is 32.2. The van der Waals surface area contributed by atoms with Gasteiger partial charge < -0.3 is 33.9 Å². The Bertz CT molecular complexity index is 1780. The van der Waals surface area contributed by atoms with E-state index >= 15 is 0 Å². The number of methoxy groups -OCH3 is 2. The van der Waals surface area contributed by atoms with E-state index in [4.69, 9.17) is 23.7 Å². The molecule has 1 amide bonds. The van der Waals surface area contributed by atoms with E-state index in [-0.39, 0.29) is 23.3 Å². The van der Waals surface area contributed by atoms with Crippen LogP contribution in [0.2, 0.25) is 0 Å². The molecule has 0 bridgehead atoms. The molecule has 55 heavy (non-hydrogen) atoms. The molecule has 4 atom stereocenters. The largest absolute Gasteiger partial charge is 0.490 e. The van der Waals surface area contributed by atoms with E-state index in [1.165, 1.54) is 6.92 Å². The monoisotopic (exact) mass is 779 g/mol. The lowest BCUT2D eigenvalue weighted by Gasteiger charge is -2.45. The normalized spacial score (nSPS) is 19.8. The quantitative estimate of drug-likeness (QED) is 0.137. The summed E-state index contributed by atoms with van der Waals surface area (Å²) in [7, 11) is -0.514. The number of amides is 1. The van der Waals surface area contributed by atoms with E-state index in [0.29, 0.717) is 58.4 Å². The highest BCUT2D eigenvalue weighted by Crippen LogP contribution is 2.40. The van der Waals surface area contributed by atoms with Crippen molar-refractivity contribution in [2.75, 3.05) is 65.2 Å². The summed E-state index contributed by atoms with van der Waals surface area (Å²) in [6.45, 7) is 14.6. The Hall–Kier alpha value is -3.52. The molecule has 1 fully saturated rings. The minimum absolute atomic E-state index is 0.120. The molecule has 0 aromatic heterocycles. The molecular formula is C43H61N3O8S. The first-order chi connectivity index (χ1) is 26.3. The van der Waals surface area contributed by atoms with Crippen LogP contribution in [0.1, 0.15) is 75.1 Å². The van der Waals surface area contributed by atoms with Crippen molar-refractivity contribution in [3.8, 4) is 5.75 Å². The van der Waals surface area contributed by atoms with Crippen LogP contribution in [-0.2, 0) is 47.0 Å². The number of aryl methyl sites for hydroxylation is 1. The minimum Gasteiger partial charge on any atom is -0.490 e.